The maximum Gasteiger partial charge on any atom is 0.405 e. The quantitative estimate of drug-likeness (QED) is 0.774. The first-order valence-corrected chi connectivity index (χ1v) is 6.86. The summed E-state index contributed by atoms with van der Waals surface area (Å²) in [4.78, 5) is 4.23. The van der Waals surface area contributed by atoms with E-state index in [2.05, 4.69) is 4.90 Å². The van der Waals surface area contributed by atoms with Crippen LogP contribution < -0.4 is 0 Å². The summed E-state index contributed by atoms with van der Waals surface area (Å²) in [5, 5.41) is 8.70. The number of nitrogens with zero attached hydrogens (tertiary/aromatic N) is 3. The molecule has 0 aromatic carbocycles. The minimum Gasteiger partial charge on any atom is -0.298 e. The molecule has 3 nitrogen and oxygen atoms in total. The number of hydrogen-bond donors (Lipinski definition) is 0. The number of rotatable bonds is 2. The maximum absolute atomic E-state index is 12.7. The molecule has 0 radical (unpaired) electrons. The van der Waals surface area contributed by atoms with Crippen LogP contribution in [-0.2, 0) is 0 Å². The fourth-order valence-corrected chi connectivity index (χ4v) is 3.12. The largest absolute Gasteiger partial charge is 0.405 e. The highest BCUT2D eigenvalue weighted by molar-refractivity contribution is 4.95. The Morgan fingerprint density at radius 2 is 2.05 bits per heavy atom. The van der Waals surface area contributed by atoms with Gasteiger partial charge in [-0.3, -0.25) is 9.80 Å². The fraction of sp³-hybridized carbons (Fsp3) is 0.923. The zero-order chi connectivity index (χ0) is 14.0. The minimum absolute atomic E-state index is 0.0903. The molecule has 2 saturated heterocycles. The van der Waals surface area contributed by atoms with E-state index in [1.54, 1.807) is 0 Å². The van der Waals surface area contributed by atoms with Crippen molar-refractivity contribution in [1.82, 2.24) is 9.80 Å². The molecule has 3 unspecified atom stereocenters. The van der Waals surface area contributed by atoms with E-state index in [1.165, 1.54) is 12.5 Å². The van der Waals surface area contributed by atoms with Crippen molar-refractivity contribution >= 4 is 0 Å². The van der Waals surface area contributed by atoms with Crippen LogP contribution in [0, 0.1) is 17.2 Å². The summed E-state index contributed by atoms with van der Waals surface area (Å²) in [7, 11) is 0. The predicted molar refractivity (Wildman–Crippen MR) is 65.4 cm³/mol. The average Bonchev–Trinajstić information content (AvgIpc) is 2.34. The molecule has 3 atom stereocenters. The predicted octanol–water partition coefficient (Wildman–Crippen LogP) is 2.25. The van der Waals surface area contributed by atoms with Gasteiger partial charge in [0.05, 0.1) is 6.07 Å². The number of hydrogen-bond acceptors (Lipinski definition) is 3. The fourth-order valence-electron chi connectivity index (χ4n) is 3.12. The SMILES string of the molecule is CC1CN2CCCCC2CN1CC(C#N)C(F)(F)F. The number of fused-ring (bicyclic) bond motifs is 1. The third-order valence-corrected chi connectivity index (χ3v) is 4.28. The highest BCUT2D eigenvalue weighted by atomic mass is 19.4. The van der Waals surface area contributed by atoms with Crippen LogP contribution in [0.4, 0.5) is 13.2 Å². The standard InChI is InChI=1S/C13H20F3N3/c1-10-7-18-5-3-2-4-12(18)9-19(10)8-11(6-17)13(14,15)16/h10-12H,2-5,7-9H2,1H3. The first-order chi connectivity index (χ1) is 8.91. The molecule has 2 aliphatic rings. The van der Waals surface area contributed by atoms with Crippen LogP contribution in [-0.4, -0.2) is 54.2 Å². The molecule has 0 aliphatic carbocycles. The second-order valence-electron chi connectivity index (χ2n) is 5.67. The zero-order valence-electron chi connectivity index (χ0n) is 11.2. The van der Waals surface area contributed by atoms with Crippen molar-refractivity contribution in [1.29, 1.82) is 5.26 Å². The Balaban J connectivity index is 1.98. The van der Waals surface area contributed by atoms with Crippen molar-refractivity contribution in [3.8, 4) is 6.07 Å². The van der Waals surface area contributed by atoms with Crippen LogP contribution in [0.2, 0.25) is 0 Å². The van der Waals surface area contributed by atoms with Crippen molar-refractivity contribution in [3.63, 3.8) is 0 Å². The Hall–Kier alpha value is -0.800. The Bertz CT molecular complexity index is 350. The lowest BCUT2D eigenvalue weighted by Crippen LogP contribution is -2.59. The van der Waals surface area contributed by atoms with Crippen LogP contribution in [0.3, 0.4) is 0 Å². The molecule has 0 aromatic rings. The van der Waals surface area contributed by atoms with Crippen molar-refractivity contribution < 1.29 is 13.2 Å². The number of nitriles is 1. The van der Waals surface area contributed by atoms with Crippen LogP contribution in [0.25, 0.3) is 0 Å². The van der Waals surface area contributed by atoms with Gasteiger partial charge in [-0.15, -0.1) is 0 Å². The molecular formula is C13H20F3N3. The molecule has 0 bridgehead atoms. The van der Waals surface area contributed by atoms with Gasteiger partial charge < -0.3 is 0 Å². The summed E-state index contributed by atoms with van der Waals surface area (Å²) < 4.78 is 38.0. The van der Waals surface area contributed by atoms with Gasteiger partial charge in [0.25, 0.3) is 0 Å². The highest BCUT2D eigenvalue weighted by Crippen LogP contribution is 2.29. The van der Waals surface area contributed by atoms with E-state index in [9.17, 15) is 13.2 Å². The third-order valence-electron chi connectivity index (χ3n) is 4.28. The summed E-state index contributed by atoms with van der Waals surface area (Å²) in [6.45, 7) is 4.31. The smallest absolute Gasteiger partial charge is 0.298 e. The van der Waals surface area contributed by atoms with E-state index < -0.39 is 12.1 Å². The van der Waals surface area contributed by atoms with E-state index >= 15 is 0 Å². The minimum atomic E-state index is -4.42. The summed E-state index contributed by atoms with van der Waals surface area (Å²) >= 11 is 0. The zero-order valence-corrected chi connectivity index (χ0v) is 11.2. The molecule has 2 heterocycles. The molecular weight excluding hydrogens is 255 g/mol. The Morgan fingerprint density at radius 1 is 1.32 bits per heavy atom. The van der Waals surface area contributed by atoms with Crippen LogP contribution in [0.15, 0.2) is 0 Å². The lowest BCUT2D eigenvalue weighted by molar-refractivity contribution is -0.166. The van der Waals surface area contributed by atoms with Crippen molar-refractivity contribution in [2.24, 2.45) is 5.92 Å². The normalized spacial score (nSPS) is 31.5. The number of halogens is 3. The van der Waals surface area contributed by atoms with Gasteiger partial charge >= 0.3 is 6.18 Å². The monoisotopic (exact) mass is 275 g/mol. The molecule has 2 fully saturated rings. The van der Waals surface area contributed by atoms with Crippen LogP contribution in [0.5, 0.6) is 0 Å². The number of alkyl halides is 3. The van der Waals surface area contributed by atoms with Gasteiger partial charge in [0.1, 0.15) is 0 Å². The summed E-state index contributed by atoms with van der Waals surface area (Å²) in [6.07, 6.45) is -1.01. The molecule has 0 N–H and O–H groups in total. The summed E-state index contributed by atoms with van der Waals surface area (Å²) in [5.41, 5.74) is 0. The van der Waals surface area contributed by atoms with E-state index in [0.717, 1.165) is 25.9 Å². The van der Waals surface area contributed by atoms with Crippen LogP contribution >= 0.6 is 0 Å². The molecule has 0 saturated carbocycles. The molecule has 0 spiro atoms. The first kappa shape index (κ1) is 14.6. The molecule has 108 valence electrons. The van der Waals surface area contributed by atoms with E-state index in [1.807, 2.05) is 11.8 Å². The second kappa shape index (κ2) is 5.68. The second-order valence-corrected chi connectivity index (χ2v) is 5.67. The highest BCUT2D eigenvalue weighted by Gasteiger charge is 2.43. The Morgan fingerprint density at radius 3 is 2.68 bits per heavy atom. The Labute approximate surface area is 112 Å². The van der Waals surface area contributed by atoms with Gasteiger partial charge in [0, 0.05) is 31.7 Å². The topological polar surface area (TPSA) is 30.3 Å². The molecule has 6 heteroatoms. The van der Waals surface area contributed by atoms with Crippen molar-refractivity contribution in [2.45, 2.75) is 44.4 Å². The molecule has 0 aromatic heterocycles. The molecule has 0 amide bonds. The van der Waals surface area contributed by atoms with Gasteiger partial charge in [-0.1, -0.05) is 6.42 Å². The van der Waals surface area contributed by atoms with Gasteiger partial charge in [-0.05, 0) is 26.3 Å². The molecule has 19 heavy (non-hydrogen) atoms. The number of piperidine rings is 1. The van der Waals surface area contributed by atoms with E-state index in [4.69, 9.17) is 5.26 Å². The number of piperazine rings is 1. The summed E-state index contributed by atoms with van der Waals surface area (Å²) in [5.74, 6) is -1.87. The van der Waals surface area contributed by atoms with E-state index in [0.29, 0.717) is 12.6 Å². The Kier molecular flexibility index (Phi) is 4.36. The van der Waals surface area contributed by atoms with Crippen molar-refractivity contribution in [2.75, 3.05) is 26.2 Å². The van der Waals surface area contributed by atoms with Crippen molar-refractivity contribution in [3.05, 3.63) is 0 Å². The van der Waals surface area contributed by atoms with Gasteiger partial charge in [-0.2, -0.15) is 18.4 Å². The van der Waals surface area contributed by atoms with Gasteiger partial charge in [-0.25, -0.2) is 0 Å². The molecule has 2 rings (SSSR count). The molecule has 2 aliphatic heterocycles. The third kappa shape index (κ3) is 3.40. The van der Waals surface area contributed by atoms with Crippen LogP contribution in [0.1, 0.15) is 26.2 Å². The maximum atomic E-state index is 12.7. The van der Waals surface area contributed by atoms with Gasteiger partial charge in [0.2, 0.25) is 0 Å². The summed E-state index contributed by atoms with van der Waals surface area (Å²) in [6, 6.07) is 1.86. The van der Waals surface area contributed by atoms with Gasteiger partial charge in [0.15, 0.2) is 5.92 Å². The first-order valence-electron chi connectivity index (χ1n) is 6.86. The lowest BCUT2D eigenvalue weighted by atomic mass is 9.96. The van der Waals surface area contributed by atoms with E-state index in [-0.39, 0.29) is 12.6 Å². The lowest BCUT2D eigenvalue weighted by Gasteiger charge is -2.48. The average molecular weight is 275 g/mol.